The Morgan fingerprint density at radius 3 is 2.12 bits per heavy atom. The van der Waals surface area contributed by atoms with Crippen molar-refractivity contribution in [3.05, 3.63) is 47.0 Å². The van der Waals surface area contributed by atoms with Gasteiger partial charge < -0.3 is 38.9 Å². The standard InChI is InChI=1S/C23H31NO8/c1-16-11-18(24)12-17(2)22(16)32-19-5-6-21(30-14-28-9-7-26-3)20(13-19)23(25)31-15-29-10-8-27-4/h5-6,11-13H,7-10,14-15,24H2,1-4H3. The molecule has 176 valence electrons. The van der Waals surface area contributed by atoms with E-state index in [4.69, 9.17) is 38.9 Å². The second-order valence-corrected chi connectivity index (χ2v) is 6.86. The number of benzene rings is 2. The third-order valence-corrected chi connectivity index (χ3v) is 4.31. The van der Waals surface area contributed by atoms with Crippen LogP contribution in [-0.2, 0) is 23.7 Å². The summed E-state index contributed by atoms with van der Waals surface area (Å²) in [6.45, 7) is 5.04. The summed E-state index contributed by atoms with van der Waals surface area (Å²) >= 11 is 0. The summed E-state index contributed by atoms with van der Waals surface area (Å²) in [5.74, 6) is 0.784. The third-order valence-electron chi connectivity index (χ3n) is 4.31. The Hall–Kier alpha value is -2.85. The lowest BCUT2D eigenvalue weighted by Crippen LogP contribution is -2.14. The molecule has 2 aromatic rings. The smallest absolute Gasteiger partial charge is 0.344 e. The topological polar surface area (TPSA) is 108 Å². The van der Waals surface area contributed by atoms with Gasteiger partial charge in [0.15, 0.2) is 13.6 Å². The number of rotatable bonds is 14. The zero-order chi connectivity index (χ0) is 23.3. The van der Waals surface area contributed by atoms with E-state index in [1.165, 1.54) is 0 Å². The van der Waals surface area contributed by atoms with Gasteiger partial charge >= 0.3 is 5.97 Å². The molecule has 0 unspecified atom stereocenters. The number of anilines is 1. The molecule has 0 heterocycles. The van der Waals surface area contributed by atoms with E-state index in [2.05, 4.69) is 0 Å². The summed E-state index contributed by atoms with van der Waals surface area (Å²) in [7, 11) is 3.14. The normalized spacial score (nSPS) is 10.8. The van der Waals surface area contributed by atoms with Crippen molar-refractivity contribution in [2.24, 2.45) is 0 Å². The van der Waals surface area contributed by atoms with Crippen LogP contribution in [0.15, 0.2) is 30.3 Å². The van der Waals surface area contributed by atoms with Gasteiger partial charge in [-0.25, -0.2) is 4.79 Å². The van der Waals surface area contributed by atoms with Crippen LogP contribution in [0.5, 0.6) is 17.2 Å². The van der Waals surface area contributed by atoms with Crippen molar-refractivity contribution in [1.29, 1.82) is 0 Å². The second kappa shape index (κ2) is 13.5. The fraction of sp³-hybridized carbons (Fsp3) is 0.435. The van der Waals surface area contributed by atoms with Gasteiger partial charge in [-0.2, -0.15) is 0 Å². The van der Waals surface area contributed by atoms with Crippen molar-refractivity contribution in [2.45, 2.75) is 13.8 Å². The van der Waals surface area contributed by atoms with E-state index in [0.717, 1.165) is 11.1 Å². The highest BCUT2D eigenvalue weighted by Crippen LogP contribution is 2.33. The van der Waals surface area contributed by atoms with Crippen LogP contribution in [0.25, 0.3) is 0 Å². The Bertz CT molecular complexity index is 848. The van der Waals surface area contributed by atoms with Gasteiger partial charge in [-0.3, -0.25) is 0 Å². The molecule has 9 heteroatoms. The number of carbonyl (C=O) groups is 1. The summed E-state index contributed by atoms with van der Waals surface area (Å²) in [5, 5.41) is 0. The van der Waals surface area contributed by atoms with E-state index < -0.39 is 5.97 Å². The maximum atomic E-state index is 12.7. The van der Waals surface area contributed by atoms with Gasteiger partial charge in [0.1, 0.15) is 22.8 Å². The number of hydrogen-bond acceptors (Lipinski definition) is 9. The molecule has 2 rings (SSSR count). The minimum absolute atomic E-state index is 0.0512. The minimum atomic E-state index is -0.620. The Morgan fingerprint density at radius 1 is 0.875 bits per heavy atom. The average molecular weight is 450 g/mol. The number of methoxy groups -OCH3 is 2. The molecule has 0 bridgehead atoms. The van der Waals surface area contributed by atoms with Gasteiger partial charge in [0.05, 0.1) is 26.4 Å². The largest absolute Gasteiger partial charge is 0.467 e. The maximum absolute atomic E-state index is 12.7. The highest BCUT2D eigenvalue weighted by Gasteiger charge is 2.17. The van der Waals surface area contributed by atoms with E-state index in [9.17, 15) is 4.79 Å². The number of aryl methyl sites for hydroxylation is 2. The van der Waals surface area contributed by atoms with Crippen LogP contribution in [0.2, 0.25) is 0 Å². The van der Waals surface area contributed by atoms with Gasteiger partial charge in [-0.1, -0.05) is 0 Å². The first kappa shape index (κ1) is 25.4. The summed E-state index contributed by atoms with van der Waals surface area (Å²) < 4.78 is 37.2. The van der Waals surface area contributed by atoms with Crippen LogP contribution in [-0.4, -0.2) is 60.2 Å². The average Bonchev–Trinajstić information content (AvgIpc) is 2.76. The molecule has 0 aliphatic carbocycles. The second-order valence-electron chi connectivity index (χ2n) is 6.86. The Labute approximate surface area is 188 Å². The molecule has 2 aromatic carbocycles. The molecule has 9 nitrogen and oxygen atoms in total. The summed E-state index contributed by atoms with van der Waals surface area (Å²) in [4.78, 5) is 12.7. The predicted molar refractivity (Wildman–Crippen MR) is 118 cm³/mol. The minimum Gasteiger partial charge on any atom is -0.467 e. The van der Waals surface area contributed by atoms with Gasteiger partial charge in [0.25, 0.3) is 0 Å². The van der Waals surface area contributed by atoms with Crippen molar-refractivity contribution in [2.75, 3.05) is 60.0 Å². The van der Waals surface area contributed by atoms with Crippen LogP contribution in [0, 0.1) is 13.8 Å². The highest BCUT2D eigenvalue weighted by atomic mass is 16.7. The molecule has 0 aliphatic rings. The van der Waals surface area contributed by atoms with Crippen molar-refractivity contribution >= 4 is 11.7 Å². The van der Waals surface area contributed by atoms with Crippen LogP contribution >= 0.6 is 0 Å². The number of nitrogens with two attached hydrogens (primary N) is 1. The molecule has 0 saturated heterocycles. The Kier molecular flexibility index (Phi) is 10.8. The molecular weight excluding hydrogens is 418 g/mol. The first-order valence-electron chi connectivity index (χ1n) is 10.1. The van der Waals surface area contributed by atoms with Gasteiger partial charge in [0, 0.05) is 19.9 Å². The fourth-order valence-corrected chi connectivity index (χ4v) is 2.80. The Morgan fingerprint density at radius 2 is 1.50 bits per heavy atom. The number of esters is 1. The van der Waals surface area contributed by atoms with Crippen LogP contribution in [0.1, 0.15) is 21.5 Å². The number of nitrogen functional groups attached to an aromatic ring is 1. The van der Waals surface area contributed by atoms with Crippen LogP contribution < -0.4 is 15.2 Å². The van der Waals surface area contributed by atoms with Gasteiger partial charge in [-0.15, -0.1) is 0 Å². The summed E-state index contributed by atoms with van der Waals surface area (Å²) in [6.07, 6.45) is 0. The lowest BCUT2D eigenvalue weighted by atomic mass is 10.1. The molecule has 0 fully saturated rings. The van der Waals surface area contributed by atoms with E-state index in [0.29, 0.717) is 49.4 Å². The summed E-state index contributed by atoms with van der Waals surface area (Å²) in [6, 6.07) is 8.52. The van der Waals surface area contributed by atoms with Crippen molar-refractivity contribution in [3.8, 4) is 17.2 Å². The molecule has 0 radical (unpaired) electrons. The fourth-order valence-electron chi connectivity index (χ4n) is 2.80. The zero-order valence-electron chi connectivity index (χ0n) is 19.0. The molecule has 0 aromatic heterocycles. The first-order chi connectivity index (χ1) is 15.5. The number of ether oxygens (including phenoxy) is 7. The van der Waals surface area contributed by atoms with Gasteiger partial charge in [-0.05, 0) is 55.3 Å². The van der Waals surface area contributed by atoms with Crippen molar-refractivity contribution in [1.82, 2.24) is 0 Å². The number of hydrogen-bond donors (Lipinski definition) is 1. The Balaban J connectivity index is 2.16. The molecule has 0 aliphatic heterocycles. The molecule has 0 saturated carbocycles. The monoisotopic (exact) mass is 449 g/mol. The van der Waals surface area contributed by atoms with Crippen molar-refractivity contribution < 1.29 is 38.0 Å². The molecular formula is C23H31NO8. The van der Waals surface area contributed by atoms with Crippen molar-refractivity contribution in [3.63, 3.8) is 0 Å². The lowest BCUT2D eigenvalue weighted by molar-refractivity contribution is -0.0442. The predicted octanol–water partition coefficient (Wildman–Crippen LogP) is 3.45. The number of carbonyl (C=O) groups excluding carboxylic acids is 1. The molecule has 32 heavy (non-hydrogen) atoms. The van der Waals surface area contributed by atoms with Crippen LogP contribution in [0.3, 0.4) is 0 Å². The molecule has 0 amide bonds. The quantitative estimate of drug-likeness (QED) is 0.201. The molecule has 0 atom stereocenters. The highest BCUT2D eigenvalue weighted by molar-refractivity contribution is 5.93. The SMILES string of the molecule is COCCOCOC(=O)c1cc(Oc2c(C)cc(N)cc2C)ccc1OCOCCOC. The van der Waals surface area contributed by atoms with E-state index >= 15 is 0 Å². The van der Waals surface area contributed by atoms with Gasteiger partial charge in [0.2, 0.25) is 0 Å². The third kappa shape index (κ3) is 8.01. The van der Waals surface area contributed by atoms with Crippen LogP contribution in [0.4, 0.5) is 5.69 Å². The molecule has 2 N–H and O–H groups in total. The van der Waals surface area contributed by atoms with E-state index in [-0.39, 0.29) is 19.1 Å². The molecule has 0 spiro atoms. The first-order valence-corrected chi connectivity index (χ1v) is 10.1. The van der Waals surface area contributed by atoms with E-state index in [1.807, 2.05) is 26.0 Å². The van der Waals surface area contributed by atoms with E-state index in [1.54, 1.807) is 32.4 Å². The zero-order valence-corrected chi connectivity index (χ0v) is 19.0. The lowest BCUT2D eigenvalue weighted by Gasteiger charge is -2.16. The summed E-state index contributed by atoms with van der Waals surface area (Å²) in [5.41, 5.74) is 8.48. The maximum Gasteiger partial charge on any atom is 0.344 e.